The van der Waals surface area contributed by atoms with Gasteiger partial charge in [-0.1, -0.05) is 92.7 Å². The molecule has 3 aliphatic carbocycles. The predicted molar refractivity (Wildman–Crippen MR) is 253 cm³/mol. The van der Waals surface area contributed by atoms with Crippen LogP contribution < -0.4 is 5.32 Å². The Morgan fingerprint density at radius 1 is 0.778 bits per heavy atom. The van der Waals surface area contributed by atoms with Crippen LogP contribution >= 0.6 is 0 Å². The van der Waals surface area contributed by atoms with Crippen molar-refractivity contribution in [2.45, 2.75) is 108 Å². The molecule has 11 atom stereocenters. The third-order valence-corrected chi connectivity index (χ3v) is 14.6. The number of aliphatic hydroxyl groups excluding tert-OH is 2. The normalized spacial score (nSPS) is 28.7. The van der Waals surface area contributed by atoms with Crippen LogP contribution in [-0.2, 0) is 42.9 Å². The molecule has 3 fully saturated rings. The van der Waals surface area contributed by atoms with Crippen LogP contribution in [0.2, 0.25) is 0 Å². The number of esters is 4. The molecule has 6 N–H and O–H groups in total. The number of benzene rings is 4. The maximum Gasteiger partial charge on any atom is 0.339 e. The SMILES string of the molecule is CC(=O)O[C@H]1C(=O)[C@@]2(C)[C@H]([C@H](OC(=O)c3ccccc3)[C@]3(O)C[C@H](OC(=O)[C@H](O)[C@@H](NC(=O)c4ccccc4)c4ccccc4)C(C)=C1C3(C)C)[C@]1(OC(C)=O)CO[C@@H]1C[C@@H]2O.O=C(O)c1ccccc1O. The maximum atomic E-state index is 15.5. The third kappa shape index (κ3) is 9.49. The lowest BCUT2D eigenvalue weighted by Crippen LogP contribution is -2.82. The number of aromatic carboxylic acids is 1. The van der Waals surface area contributed by atoms with Crippen molar-refractivity contribution in [2.24, 2.45) is 16.7 Å². The highest BCUT2D eigenvalue weighted by Gasteiger charge is 2.78. The molecule has 0 radical (unpaired) electrons. The van der Waals surface area contributed by atoms with Crippen molar-refractivity contribution in [2.75, 3.05) is 6.61 Å². The van der Waals surface area contributed by atoms with E-state index in [2.05, 4.69) is 5.32 Å². The first-order valence-corrected chi connectivity index (χ1v) is 23.2. The smallest absolute Gasteiger partial charge is 0.339 e. The minimum atomic E-state index is -2.39. The van der Waals surface area contributed by atoms with Gasteiger partial charge in [0.05, 0.1) is 35.6 Å². The number of rotatable bonds is 11. The van der Waals surface area contributed by atoms with Crippen molar-refractivity contribution < 1.29 is 82.8 Å². The van der Waals surface area contributed by atoms with Gasteiger partial charge in [-0.05, 0) is 67.0 Å². The summed E-state index contributed by atoms with van der Waals surface area (Å²) in [5.41, 5.74) is -7.09. The van der Waals surface area contributed by atoms with Crippen molar-refractivity contribution in [3.8, 4) is 5.75 Å². The molecule has 1 aliphatic heterocycles. The van der Waals surface area contributed by atoms with E-state index in [-0.39, 0.29) is 46.6 Å². The molecular formula is C54H57NO17. The lowest BCUT2D eigenvalue weighted by molar-refractivity contribution is -0.346. The molecule has 1 heterocycles. The fourth-order valence-corrected chi connectivity index (χ4v) is 10.8. The number of hydrogen-bond donors (Lipinski definition) is 6. The van der Waals surface area contributed by atoms with E-state index in [0.29, 0.717) is 5.56 Å². The van der Waals surface area contributed by atoms with Crippen LogP contribution in [0.4, 0.5) is 0 Å². The molecule has 380 valence electrons. The summed E-state index contributed by atoms with van der Waals surface area (Å²) in [7, 11) is 0. The van der Waals surface area contributed by atoms with E-state index < -0.39 is 119 Å². The summed E-state index contributed by atoms with van der Waals surface area (Å²) in [6, 6.07) is 28.7. The molecular weight excluding hydrogens is 935 g/mol. The van der Waals surface area contributed by atoms with Crippen LogP contribution in [0.25, 0.3) is 0 Å². The number of hydrogen-bond acceptors (Lipinski definition) is 16. The van der Waals surface area contributed by atoms with E-state index in [1.165, 1.54) is 38.1 Å². The summed E-state index contributed by atoms with van der Waals surface area (Å²) in [6.45, 7) is 7.97. The number of aliphatic hydroxyl groups is 3. The number of ether oxygens (including phenoxy) is 5. The van der Waals surface area contributed by atoms with Crippen molar-refractivity contribution in [1.82, 2.24) is 5.32 Å². The third-order valence-electron chi connectivity index (χ3n) is 14.6. The van der Waals surface area contributed by atoms with Gasteiger partial charge in [-0.3, -0.25) is 19.2 Å². The first-order valence-electron chi connectivity index (χ1n) is 23.2. The number of carboxylic acid groups (broad SMARTS) is 1. The van der Waals surface area contributed by atoms with Gasteiger partial charge in [0.1, 0.15) is 35.2 Å². The van der Waals surface area contributed by atoms with E-state index in [4.69, 9.17) is 33.9 Å². The Hall–Kier alpha value is -7.25. The molecule has 4 aromatic rings. The lowest BCUT2D eigenvalue weighted by atomic mass is 9.44. The van der Waals surface area contributed by atoms with Crippen molar-refractivity contribution in [3.63, 3.8) is 0 Å². The second-order valence-corrected chi connectivity index (χ2v) is 19.2. The number of fused-ring (bicyclic) bond motifs is 5. The van der Waals surface area contributed by atoms with E-state index in [1.807, 2.05) is 0 Å². The molecule has 18 nitrogen and oxygen atoms in total. The zero-order valence-corrected chi connectivity index (χ0v) is 40.3. The van der Waals surface area contributed by atoms with E-state index in [1.54, 1.807) is 105 Å². The van der Waals surface area contributed by atoms with Crippen LogP contribution in [-0.4, -0.2) is 122 Å². The quantitative estimate of drug-likeness (QED) is 0.0667. The second kappa shape index (κ2) is 20.5. The van der Waals surface area contributed by atoms with Gasteiger partial charge in [0, 0.05) is 37.7 Å². The van der Waals surface area contributed by atoms with Gasteiger partial charge >= 0.3 is 29.8 Å². The number of para-hydroxylation sites is 1. The average Bonchev–Trinajstić information content (AvgIpc) is 3.34. The minimum absolute atomic E-state index is 0.00289. The highest BCUT2D eigenvalue weighted by molar-refractivity contribution is 5.96. The minimum Gasteiger partial charge on any atom is -0.507 e. The zero-order chi connectivity index (χ0) is 52.5. The summed E-state index contributed by atoms with van der Waals surface area (Å²) in [6.07, 6.45) is -10.5. The van der Waals surface area contributed by atoms with Gasteiger partial charge in [-0.2, -0.15) is 0 Å². The van der Waals surface area contributed by atoms with Crippen molar-refractivity contribution >= 4 is 41.5 Å². The molecule has 72 heavy (non-hydrogen) atoms. The fourth-order valence-electron chi connectivity index (χ4n) is 10.8. The number of aromatic hydroxyl groups is 1. The number of carbonyl (C=O) groups excluding carboxylic acids is 6. The van der Waals surface area contributed by atoms with E-state index in [9.17, 15) is 44.1 Å². The second-order valence-electron chi connectivity index (χ2n) is 19.2. The number of Topliss-reactive ketones (excluding diaryl/α,β-unsaturated/α-hetero) is 1. The molecule has 0 aromatic heterocycles. The number of carbonyl (C=O) groups is 7. The van der Waals surface area contributed by atoms with Crippen LogP contribution in [0.15, 0.2) is 126 Å². The molecule has 2 bridgehead atoms. The van der Waals surface area contributed by atoms with Crippen LogP contribution in [0, 0.1) is 16.7 Å². The molecule has 4 aromatic carbocycles. The number of amides is 1. The predicted octanol–water partition coefficient (Wildman–Crippen LogP) is 4.83. The topological polar surface area (TPSA) is 279 Å². The Morgan fingerprint density at radius 2 is 1.35 bits per heavy atom. The number of carboxylic acids is 1. The van der Waals surface area contributed by atoms with Gasteiger partial charge in [0.15, 0.2) is 23.6 Å². The molecule has 18 heteroatoms. The van der Waals surface area contributed by atoms with Crippen LogP contribution in [0.5, 0.6) is 5.75 Å². The van der Waals surface area contributed by atoms with Gasteiger partial charge < -0.3 is 54.5 Å². The Morgan fingerprint density at radius 3 is 1.88 bits per heavy atom. The van der Waals surface area contributed by atoms with Gasteiger partial charge in [0.2, 0.25) is 0 Å². The lowest BCUT2D eigenvalue weighted by Gasteiger charge is -2.67. The Labute approximate surface area is 414 Å². The number of nitrogens with one attached hydrogen (secondary N) is 1. The first-order chi connectivity index (χ1) is 34.0. The average molecular weight is 992 g/mol. The summed E-state index contributed by atoms with van der Waals surface area (Å²) >= 11 is 0. The standard InChI is InChI=1S/C47H51NO14.C7H6O3/c1-25-31(60-43(56)36(52)35(28-16-10-7-11-17-28)48-41(54)29-18-12-8-13-19-29)23-47(57)40(61-42(55)30-20-14-9-15-21-30)38-45(6,32(51)22-33-46(38,24-58-33)62-27(3)50)39(53)37(59-26(2)49)34(25)44(47,4)5;8-6-4-2-1-3-5(6)7(9)10/h7-21,31-33,35-38,40,51-52,57H,22-24H2,1-6H3,(H,48,54);1-4,8H,(H,9,10)/t31-,32-,33+,35-,36+,37+,38-,40-,45+,46-,47+;/m0./s1. The number of phenols is 1. The molecule has 1 saturated heterocycles. The van der Waals surface area contributed by atoms with E-state index >= 15 is 4.79 Å². The van der Waals surface area contributed by atoms with Crippen molar-refractivity contribution in [1.29, 1.82) is 0 Å². The molecule has 0 spiro atoms. The summed E-state index contributed by atoms with van der Waals surface area (Å²) in [4.78, 5) is 93.7. The molecule has 2 saturated carbocycles. The summed E-state index contributed by atoms with van der Waals surface area (Å²) < 4.78 is 30.3. The first kappa shape index (κ1) is 52.6. The van der Waals surface area contributed by atoms with E-state index in [0.717, 1.165) is 13.8 Å². The zero-order valence-electron chi connectivity index (χ0n) is 40.3. The van der Waals surface area contributed by atoms with Gasteiger partial charge in [0.25, 0.3) is 5.91 Å². The fraction of sp³-hybridized carbons (Fsp3) is 0.389. The monoisotopic (exact) mass is 991 g/mol. The maximum absolute atomic E-state index is 15.5. The summed E-state index contributed by atoms with van der Waals surface area (Å²) in [5.74, 6) is -8.15. The van der Waals surface area contributed by atoms with Crippen LogP contribution in [0.3, 0.4) is 0 Å². The summed E-state index contributed by atoms with van der Waals surface area (Å²) in [5, 5.41) is 57.5. The molecule has 8 rings (SSSR count). The highest BCUT2D eigenvalue weighted by Crippen LogP contribution is 2.64. The van der Waals surface area contributed by atoms with Crippen molar-refractivity contribution in [3.05, 3.63) is 149 Å². The number of ketones is 1. The van der Waals surface area contributed by atoms with Gasteiger partial charge in [-0.25, -0.2) is 14.4 Å². The molecule has 4 aliphatic rings. The Bertz CT molecular complexity index is 2760. The highest BCUT2D eigenvalue weighted by atomic mass is 16.6. The van der Waals surface area contributed by atoms with Gasteiger partial charge in [-0.15, -0.1) is 0 Å². The Balaban J connectivity index is 0.000000679. The Kier molecular flexibility index (Phi) is 14.9. The molecule has 1 amide bonds. The largest absolute Gasteiger partial charge is 0.507 e. The molecule has 0 unspecified atom stereocenters. The van der Waals surface area contributed by atoms with Crippen LogP contribution in [0.1, 0.15) is 97.1 Å².